The number of benzene rings is 1. The van der Waals surface area contributed by atoms with Crippen molar-refractivity contribution in [2.75, 3.05) is 24.8 Å². The van der Waals surface area contributed by atoms with Crippen molar-refractivity contribution < 1.29 is 23.5 Å². The number of ether oxygens (including phenoxy) is 2. The van der Waals surface area contributed by atoms with E-state index in [1.54, 1.807) is 19.1 Å². The first-order valence-corrected chi connectivity index (χ1v) is 9.82. The Morgan fingerprint density at radius 2 is 2.14 bits per heavy atom. The van der Waals surface area contributed by atoms with Crippen molar-refractivity contribution >= 4 is 40.9 Å². The monoisotopic (exact) mass is 422 g/mol. The van der Waals surface area contributed by atoms with Crippen LogP contribution in [0, 0.1) is 0 Å². The van der Waals surface area contributed by atoms with Crippen LogP contribution in [0.25, 0.3) is 0 Å². The Balaban J connectivity index is 1.77. The SMILES string of the molecule is COc1cc(NC(=O)C2=C(C)OCCS2)c(Cl)cc1C(=O)NCc1ccco1. The van der Waals surface area contributed by atoms with Crippen molar-refractivity contribution in [1.29, 1.82) is 0 Å². The lowest BCUT2D eigenvalue weighted by atomic mass is 10.1. The molecule has 1 aliphatic rings. The van der Waals surface area contributed by atoms with Gasteiger partial charge in [-0.15, -0.1) is 11.8 Å². The first kappa shape index (κ1) is 20.2. The number of thioether (sulfide) groups is 1. The third-order valence-electron chi connectivity index (χ3n) is 3.96. The van der Waals surface area contributed by atoms with Crippen LogP contribution < -0.4 is 15.4 Å². The second-order valence-electron chi connectivity index (χ2n) is 5.83. The summed E-state index contributed by atoms with van der Waals surface area (Å²) in [5, 5.41) is 5.70. The van der Waals surface area contributed by atoms with Gasteiger partial charge in [0, 0.05) is 11.8 Å². The van der Waals surface area contributed by atoms with Crippen LogP contribution in [0.15, 0.2) is 45.6 Å². The fraction of sp³-hybridized carbons (Fsp3) is 0.263. The maximum absolute atomic E-state index is 12.5. The summed E-state index contributed by atoms with van der Waals surface area (Å²) in [5.74, 6) is 1.49. The normalized spacial score (nSPS) is 13.7. The number of halogens is 1. The zero-order valence-corrected chi connectivity index (χ0v) is 16.9. The highest BCUT2D eigenvalue weighted by atomic mass is 35.5. The standard InChI is InChI=1S/C19H19ClN2O5S/c1-11-17(28-7-6-26-11)19(24)22-15-9-16(25-2)13(8-14(15)20)18(23)21-10-12-4-3-5-27-12/h3-5,8-9H,6-7,10H2,1-2H3,(H,21,23)(H,22,24). The van der Waals surface area contributed by atoms with Crippen molar-refractivity contribution in [3.63, 3.8) is 0 Å². The fourth-order valence-electron chi connectivity index (χ4n) is 2.58. The van der Waals surface area contributed by atoms with Crippen LogP contribution >= 0.6 is 23.4 Å². The van der Waals surface area contributed by atoms with Gasteiger partial charge in [0.2, 0.25) is 0 Å². The minimum atomic E-state index is -0.372. The van der Waals surface area contributed by atoms with Gasteiger partial charge in [-0.3, -0.25) is 9.59 Å². The Kier molecular flexibility index (Phi) is 6.53. The molecule has 0 saturated carbocycles. The molecule has 2 heterocycles. The lowest BCUT2D eigenvalue weighted by Crippen LogP contribution is -2.23. The summed E-state index contributed by atoms with van der Waals surface area (Å²) in [6.07, 6.45) is 1.53. The van der Waals surface area contributed by atoms with Crippen LogP contribution in [0.2, 0.25) is 5.02 Å². The molecule has 0 fully saturated rings. The van der Waals surface area contributed by atoms with E-state index in [1.165, 1.54) is 37.3 Å². The minimum Gasteiger partial charge on any atom is -0.496 e. The number of rotatable bonds is 6. The number of amides is 2. The topological polar surface area (TPSA) is 89.8 Å². The Morgan fingerprint density at radius 3 is 2.82 bits per heavy atom. The number of furan rings is 1. The lowest BCUT2D eigenvalue weighted by molar-refractivity contribution is -0.112. The molecule has 3 rings (SSSR count). The number of carbonyl (C=O) groups is 2. The van der Waals surface area contributed by atoms with Gasteiger partial charge in [0.25, 0.3) is 11.8 Å². The summed E-state index contributed by atoms with van der Waals surface area (Å²) in [7, 11) is 1.44. The van der Waals surface area contributed by atoms with Crippen molar-refractivity contribution in [3.05, 3.63) is 57.5 Å². The van der Waals surface area contributed by atoms with Gasteiger partial charge < -0.3 is 24.5 Å². The van der Waals surface area contributed by atoms with E-state index in [0.717, 1.165) is 0 Å². The minimum absolute atomic E-state index is 0.220. The summed E-state index contributed by atoms with van der Waals surface area (Å²) in [6.45, 7) is 2.55. The van der Waals surface area contributed by atoms with E-state index in [4.69, 9.17) is 25.5 Å². The van der Waals surface area contributed by atoms with Crippen molar-refractivity contribution in [3.8, 4) is 5.75 Å². The van der Waals surface area contributed by atoms with E-state index in [0.29, 0.717) is 34.5 Å². The van der Waals surface area contributed by atoms with E-state index in [-0.39, 0.29) is 34.7 Å². The van der Waals surface area contributed by atoms with Crippen LogP contribution in [0.5, 0.6) is 5.75 Å². The number of allylic oxidation sites excluding steroid dienone is 1. The van der Waals surface area contributed by atoms with Gasteiger partial charge in [-0.2, -0.15) is 0 Å². The molecule has 1 aliphatic heterocycles. The van der Waals surface area contributed by atoms with Crippen LogP contribution in [-0.2, 0) is 16.1 Å². The maximum atomic E-state index is 12.5. The zero-order valence-electron chi connectivity index (χ0n) is 15.3. The van der Waals surface area contributed by atoms with Crippen LogP contribution in [-0.4, -0.2) is 31.3 Å². The molecule has 9 heteroatoms. The second-order valence-corrected chi connectivity index (χ2v) is 7.34. The molecular formula is C19H19ClN2O5S. The van der Waals surface area contributed by atoms with Gasteiger partial charge in [-0.25, -0.2) is 0 Å². The Hall–Kier alpha value is -2.58. The van der Waals surface area contributed by atoms with Gasteiger partial charge in [-0.1, -0.05) is 11.6 Å². The number of hydrogen-bond acceptors (Lipinski definition) is 6. The first-order chi connectivity index (χ1) is 13.5. The molecule has 0 saturated heterocycles. The van der Waals surface area contributed by atoms with E-state index < -0.39 is 0 Å². The van der Waals surface area contributed by atoms with Crippen molar-refractivity contribution in [1.82, 2.24) is 5.32 Å². The number of anilines is 1. The Morgan fingerprint density at radius 1 is 1.32 bits per heavy atom. The molecule has 28 heavy (non-hydrogen) atoms. The highest BCUT2D eigenvalue weighted by Crippen LogP contribution is 2.33. The van der Waals surface area contributed by atoms with Crippen molar-refractivity contribution in [2.45, 2.75) is 13.5 Å². The molecule has 0 atom stereocenters. The lowest BCUT2D eigenvalue weighted by Gasteiger charge is -2.18. The molecular weight excluding hydrogens is 404 g/mol. The predicted octanol–water partition coefficient (Wildman–Crippen LogP) is 3.81. The van der Waals surface area contributed by atoms with Crippen LogP contribution in [0.1, 0.15) is 23.0 Å². The summed E-state index contributed by atoms with van der Waals surface area (Å²) in [5.41, 5.74) is 0.598. The van der Waals surface area contributed by atoms with Gasteiger partial charge in [-0.05, 0) is 25.1 Å². The molecule has 2 amide bonds. The van der Waals surface area contributed by atoms with E-state index in [9.17, 15) is 9.59 Å². The molecule has 0 spiro atoms. The summed E-state index contributed by atoms with van der Waals surface area (Å²) >= 11 is 7.72. The molecule has 0 bridgehead atoms. The van der Waals surface area contributed by atoms with E-state index >= 15 is 0 Å². The van der Waals surface area contributed by atoms with E-state index in [2.05, 4.69) is 10.6 Å². The quantitative estimate of drug-likeness (QED) is 0.735. The average molecular weight is 423 g/mol. The van der Waals surface area contributed by atoms with E-state index in [1.807, 2.05) is 0 Å². The van der Waals surface area contributed by atoms with Crippen LogP contribution in [0.3, 0.4) is 0 Å². The maximum Gasteiger partial charge on any atom is 0.265 e. The summed E-state index contributed by atoms with van der Waals surface area (Å²) in [6, 6.07) is 6.47. The zero-order chi connectivity index (χ0) is 20.1. The number of carbonyl (C=O) groups excluding carboxylic acids is 2. The third-order valence-corrected chi connectivity index (χ3v) is 5.40. The number of methoxy groups -OCH3 is 1. The molecule has 0 radical (unpaired) electrons. The molecule has 0 aliphatic carbocycles. The Labute approximate surface area is 171 Å². The average Bonchev–Trinajstić information content (AvgIpc) is 3.21. The summed E-state index contributed by atoms with van der Waals surface area (Å²) in [4.78, 5) is 25.5. The summed E-state index contributed by atoms with van der Waals surface area (Å²) < 4.78 is 15.9. The van der Waals surface area contributed by atoms with Gasteiger partial charge >= 0.3 is 0 Å². The second kappa shape index (κ2) is 9.07. The molecule has 2 aromatic rings. The molecule has 1 aromatic carbocycles. The first-order valence-electron chi connectivity index (χ1n) is 8.45. The molecule has 2 N–H and O–H groups in total. The molecule has 7 nitrogen and oxygen atoms in total. The van der Waals surface area contributed by atoms with Crippen LogP contribution in [0.4, 0.5) is 5.69 Å². The van der Waals surface area contributed by atoms with Gasteiger partial charge in [0.05, 0.1) is 42.8 Å². The van der Waals surface area contributed by atoms with Crippen molar-refractivity contribution in [2.24, 2.45) is 0 Å². The Bertz CT molecular complexity index is 911. The molecule has 148 valence electrons. The molecule has 1 aromatic heterocycles. The van der Waals surface area contributed by atoms with Gasteiger partial charge in [0.15, 0.2) is 0 Å². The predicted molar refractivity (Wildman–Crippen MR) is 108 cm³/mol. The smallest absolute Gasteiger partial charge is 0.265 e. The highest BCUT2D eigenvalue weighted by Gasteiger charge is 2.22. The largest absolute Gasteiger partial charge is 0.496 e. The molecule has 0 unspecified atom stereocenters. The third kappa shape index (κ3) is 4.63. The fourth-order valence-corrected chi connectivity index (χ4v) is 3.61. The number of nitrogens with one attached hydrogen (secondary N) is 2. The number of hydrogen-bond donors (Lipinski definition) is 2. The van der Waals surface area contributed by atoms with Gasteiger partial charge in [0.1, 0.15) is 22.2 Å². The highest BCUT2D eigenvalue weighted by molar-refractivity contribution is 8.04.